The molecule has 0 amide bonds. The van der Waals surface area contributed by atoms with Gasteiger partial charge < -0.3 is 0 Å². The van der Waals surface area contributed by atoms with Crippen molar-refractivity contribution in [1.82, 2.24) is 4.31 Å². The molecule has 1 aliphatic rings. The van der Waals surface area contributed by atoms with Gasteiger partial charge in [0.1, 0.15) is 0 Å². The molecular formula is C22H18N2S. The van der Waals surface area contributed by atoms with E-state index in [1.165, 1.54) is 29.0 Å². The third-order valence-corrected chi connectivity index (χ3v) is 4.89. The Kier molecular flexibility index (Phi) is 4.66. The van der Waals surface area contributed by atoms with E-state index in [9.17, 15) is 0 Å². The van der Waals surface area contributed by atoms with Crippen LogP contribution in [0, 0.1) is 0 Å². The van der Waals surface area contributed by atoms with Gasteiger partial charge in [-0.1, -0.05) is 91.0 Å². The molecule has 1 heterocycles. The Morgan fingerprint density at radius 2 is 1.24 bits per heavy atom. The molecule has 2 nitrogen and oxygen atoms in total. The molecule has 3 aromatic carbocycles. The summed E-state index contributed by atoms with van der Waals surface area (Å²) in [4.78, 5) is 0. The van der Waals surface area contributed by atoms with Gasteiger partial charge in [0.2, 0.25) is 0 Å². The van der Waals surface area contributed by atoms with Crippen LogP contribution >= 0.6 is 12.1 Å². The summed E-state index contributed by atoms with van der Waals surface area (Å²) in [5.74, 6) is 0. The van der Waals surface area contributed by atoms with Gasteiger partial charge in [-0.15, -0.1) is 0 Å². The van der Waals surface area contributed by atoms with E-state index in [1.54, 1.807) is 0 Å². The number of hydrogen-bond acceptors (Lipinski definition) is 3. The van der Waals surface area contributed by atoms with E-state index in [1.807, 2.05) is 18.2 Å². The minimum absolute atomic E-state index is 0.817. The van der Waals surface area contributed by atoms with Gasteiger partial charge in [0.05, 0.1) is 30.1 Å². The van der Waals surface area contributed by atoms with Crippen LogP contribution in [0.1, 0.15) is 16.7 Å². The average Bonchev–Trinajstić information content (AvgIpc) is 2.70. The van der Waals surface area contributed by atoms with Crippen LogP contribution < -0.4 is 0 Å². The van der Waals surface area contributed by atoms with Crippen LogP contribution in [0.5, 0.6) is 0 Å². The molecule has 4 rings (SSSR count). The molecule has 0 unspecified atom stereocenters. The normalized spacial score (nSPS) is 14.0. The molecule has 0 aromatic heterocycles. The van der Waals surface area contributed by atoms with Crippen LogP contribution in [0.15, 0.2) is 101 Å². The van der Waals surface area contributed by atoms with Crippen molar-refractivity contribution in [3.05, 3.63) is 114 Å². The Labute approximate surface area is 152 Å². The lowest BCUT2D eigenvalue weighted by Crippen LogP contribution is -2.18. The van der Waals surface area contributed by atoms with Gasteiger partial charge in [0, 0.05) is 5.56 Å². The van der Waals surface area contributed by atoms with Gasteiger partial charge in [-0.25, -0.2) is 0 Å². The molecule has 0 N–H and O–H groups in total. The van der Waals surface area contributed by atoms with Crippen molar-refractivity contribution < 1.29 is 0 Å². The third kappa shape index (κ3) is 3.67. The van der Waals surface area contributed by atoms with Gasteiger partial charge in [0.25, 0.3) is 0 Å². The van der Waals surface area contributed by atoms with E-state index < -0.39 is 0 Å². The van der Waals surface area contributed by atoms with Crippen LogP contribution in [0.4, 0.5) is 0 Å². The smallest absolute Gasteiger partial charge is 0.0939 e. The largest absolute Gasteiger partial charge is 0.292 e. The predicted molar refractivity (Wildman–Crippen MR) is 107 cm³/mol. The van der Waals surface area contributed by atoms with Gasteiger partial charge in [-0.2, -0.15) is 4.40 Å². The molecular weight excluding hydrogens is 324 g/mol. The topological polar surface area (TPSA) is 15.6 Å². The van der Waals surface area contributed by atoms with E-state index in [2.05, 4.69) is 83.2 Å². The number of benzene rings is 3. The van der Waals surface area contributed by atoms with Crippen molar-refractivity contribution in [2.75, 3.05) is 0 Å². The van der Waals surface area contributed by atoms with Crippen molar-refractivity contribution in [3.8, 4) is 0 Å². The van der Waals surface area contributed by atoms with Gasteiger partial charge in [-0.3, -0.25) is 4.31 Å². The van der Waals surface area contributed by atoms with E-state index in [0.29, 0.717) is 0 Å². The summed E-state index contributed by atoms with van der Waals surface area (Å²) in [6, 6.07) is 31.4. The summed E-state index contributed by atoms with van der Waals surface area (Å²) in [5, 5.41) is 0. The molecule has 0 radical (unpaired) electrons. The molecule has 0 saturated carbocycles. The molecule has 0 atom stereocenters. The molecule has 0 saturated heterocycles. The first-order valence-electron chi connectivity index (χ1n) is 8.29. The maximum atomic E-state index is 4.74. The van der Waals surface area contributed by atoms with E-state index in [-0.39, 0.29) is 0 Å². The molecule has 0 bridgehead atoms. The SMILES string of the molecule is C1=C(c2ccccc2)N(Cc2ccccc2)SN=C1c1ccccc1. The number of rotatable bonds is 4. The quantitative estimate of drug-likeness (QED) is 0.574. The number of nitrogens with zero attached hydrogens (tertiary/aromatic N) is 2. The van der Waals surface area contributed by atoms with Crippen molar-refractivity contribution >= 4 is 23.5 Å². The van der Waals surface area contributed by atoms with E-state index in [4.69, 9.17) is 4.40 Å². The fourth-order valence-corrected chi connectivity index (χ4v) is 3.61. The maximum Gasteiger partial charge on any atom is 0.0939 e. The maximum absolute atomic E-state index is 4.74. The summed E-state index contributed by atoms with van der Waals surface area (Å²) >= 11 is 1.52. The second-order valence-corrected chi connectivity index (χ2v) is 6.63. The molecule has 3 heteroatoms. The molecule has 3 aromatic rings. The van der Waals surface area contributed by atoms with Crippen LogP contribution in [0.25, 0.3) is 5.70 Å². The summed E-state index contributed by atoms with van der Waals surface area (Å²) in [5.41, 5.74) is 5.81. The Hall–Kier alpha value is -2.78. The van der Waals surface area contributed by atoms with Crippen LogP contribution in [-0.2, 0) is 6.54 Å². The zero-order valence-electron chi connectivity index (χ0n) is 13.7. The van der Waals surface area contributed by atoms with Gasteiger partial charge in [0.15, 0.2) is 0 Å². The fraction of sp³-hybridized carbons (Fsp3) is 0.0455. The van der Waals surface area contributed by atoms with Gasteiger partial charge in [-0.05, 0) is 17.2 Å². The van der Waals surface area contributed by atoms with Crippen molar-refractivity contribution in [2.24, 2.45) is 4.40 Å². The van der Waals surface area contributed by atoms with Crippen molar-refractivity contribution in [2.45, 2.75) is 6.54 Å². The molecule has 25 heavy (non-hydrogen) atoms. The Bertz CT molecular complexity index is 887. The second-order valence-electron chi connectivity index (χ2n) is 5.84. The van der Waals surface area contributed by atoms with E-state index >= 15 is 0 Å². The minimum Gasteiger partial charge on any atom is -0.292 e. The summed E-state index contributed by atoms with van der Waals surface area (Å²) < 4.78 is 6.98. The Balaban J connectivity index is 1.69. The molecule has 1 aliphatic heterocycles. The Morgan fingerprint density at radius 1 is 0.680 bits per heavy atom. The first-order chi connectivity index (χ1) is 12.4. The second kappa shape index (κ2) is 7.41. The lowest BCUT2D eigenvalue weighted by Gasteiger charge is -2.27. The number of hydrogen-bond donors (Lipinski definition) is 0. The highest BCUT2D eigenvalue weighted by Crippen LogP contribution is 2.33. The highest BCUT2D eigenvalue weighted by Gasteiger charge is 2.19. The molecule has 0 aliphatic carbocycles. The lowest BCUT2D eigenvalue weighted by molar-refractivity contribution is 0.643. The molecule has 122 valence electrons. The molecule has 0 spiro atoms. The van der Waals surface area contributed by atoms with Gasteiger partial charge >= 0.3 is 0 Å². The number of allylic oxidation sites excluding steroid dienone is 1. The standard InChI is InChI=1S/C22H18N2S/c1-4-10-18(11-5-1)17-24-22(20-14-8-3-9-15-20)16-21(23-25-24)19-12-6-2-7-13-19/h1-16H,17H2. The third-order valence-electron chi connectivity index (χ3n) is 4.09. The molecule has 0 fully saturated rings. The van der Waals surface area contributed by atoms with Crippen molar-refractivity contribution in [3.63, 3.8) is 0 Å². The minimum atomic E-state index is 0.817. The fourth-order valence-electron chi connectivity index (χ4n) is 2.81. The first-order valence-corrected chi connectivity index (χ1v) is 9.02. The average molecular weight is 342 g/mol. The summed E-state index contributed by atoms with van der Waals surface area (Å²) in [7, 11) is 0. The highest BCUT2D eigenvalue weighted by atomic mass is 32.2. The van der Waals surface area contributed by atoms with Crippen LogP contribution in [0.3, 0.4) is 0 Å². The zero-order valence-corrected chi connectivity index (χ0v) is 14.6. The Morgan fingerprint density at radius 3 is 1.88 bits per heavy atom. The lowest BCUT2D eigenvalue weighted by atomic mass is 10.1. The van der Waals surface area contributed by atoms with Crippen molar-refractivity contribution in [1.29, 1.82) is 0 Å². The monoisotopic (exact) mass is 342 g/mol. The summed E-state index contributed by atoms with van der Waals surface area (Å²) in [6.07, 6.45) is 2.18. The predicted octanol–water partition coefficient (Wildman–Crippen LogP) is 5.60. The first kappa shape index (κ1) is 15.7. The van der Waals surface area contributed by atoms with Crippen LogP contribution in [0.2, 0.25) is 0 Å². The zero-order chi connectivity index (χ0) is 16.9. The highest BCUT2D eigenvalue weighted by molar-refractivity contribution is 7.96. The van der Waals surface area contributed by atoms with E-state index in [0.717, 1.165) is 17.8 Å². The van der Waals surface area contributed by atoms with Crippen LogP contribution in [-0.4, -0.2) is 10.0 Å². The summed E-state index contributed by atoms with van der Waals surface area (Å²) in [6.45, 7) is 0.817.